The number of ether oxygens (including phenoxy) is 1. The maximum atomic E-state index is 10.8. The van der Waals surface area contributed by atoms with Crippen LogP contribution >= 0.6 is 39.1 Å². The van der Waals surface area contributed by atoms with Gasteiger partial charge in [0.2, 0.25) is 0 Å². The number of rotatable bonds is 4. The molecule has 20 heavy (non-hydrogen) atoms. The highest BCUT2D eigenvalue weighted by molar-refractivity contribution is 9.10. The van der Waals surface area contributed by atoms with E-state index in [1.165, 1.54) is 12.1 Å². The van der Waals surface area contributed by atoms with Crippen LogP contribution in [0.15, 0.2) is 40.9 Å². The Bertz CT molecular complexity index is 664. The Balaban J connectivity index is 2.15. The Labute approximate surface area is 133 Å². The molecular formula is C13H8BrCl2NO3. The summed E-state index contributed by atoms with van der Waals surface area (Å²) in [6.45, 7) is 0.166. The molecule has 0 heterocycles. The van der Waals surface area contributed by atoms with Crippen molar-refractivity contribution in [2.75, 3.05) is 0 Å². The minimum atomic E-state index is -0.529. The highest BCUT2D eigenvalue weighted by atomic mass is 79.9. The van der Waals surface area contributed by atoms with Crippen molar-refractivity contribution >= 4 is 44.8 Å². The van der Waals surface area contributed by atoms with Gasteiger partial charge in [-0.15, -0.1) is 0 Å². The van der Waals surface area contributed by atoms with Crippen LogP contribution in [0.2, 0.25) is 10.0 Å². The molecule has 0 unspecified atom stereocenters. The molecule has 0 aromatic heterocycles. The minimum absolute atomic E-state index is 0.0976. The predicted octanol–water partition coefficient (Wildman–Crippen LogP) is 5.24. The summed E-state index contributed by atoms with van der Waals surface area (Å²) in [4.78, 5) is 10.3. The molecule has 0 saturated carbocycles. The van der Waals surface area contributed by atoms with Gasteiger partial charge in [0.1, 0.15) is 17.4 Å². The van der Waals surface area contributed by atoms with Crippen LogP contribution in [0.25, 0.3) is 0 Å². The molecule has 0 bridgehead atoms. The zero-order chi connectivity index (χ0) is 14.7. The lowest BCUT2D eigenvalue weighted by atomic mass is 10.2. The molecule has 0 aliphatic heterocycles. The molecule has 2 rings (SSSR count). The first-order valence-corrected chi connectivity index (χ1v) is 7.03. The number of hydrogen-bond donors (Lipinski definition) is 0. The predicted molar refractivity (Wildman–Crippen MR) is 81.6 cm³/mol. The summed E-state index contributed by atoms with van der Waals surface area (Å²) in [5, 5.41) is 11.4. The molecule has 0 aliphatic rings. The Kier molecular flexibility index (Phi) is 4.86. The van der Waals surface area contributed by atoms with E-state index in [0.29, 0.717) is 16.3 Å². The first-order valence-electron chi connectivity index (χ1n) is 5.48. The Morgan fingerprint density at radius 2 is 1.90 bits per heavy atom. The lowest BCUT2D eigenvalue weighted by Crippen LogP contribution is -1.98. The fraction of sp³-hybridized carbons (Fsp3) is 0.0769. The van der Waals surface area contributed by atoms with E-state index in [9.17, 15) is 10.1 Å². The van der Waals surface area contributed by atoms with Gasteiger partial charge in [0.05, 0.1) is 9.95 Å². The van der Waals surface area contributed by atoms with E-state index in [-0.39, 0.29) is 17.3 Å². The monoisotopic (exact) mass is 375 g/mol. The van der Waals surface area contributed by atoms with E-state index in [1.54, 1.807) is 24.3 Å². The number of nitrogens with zero attached hydrogens (tertiary/aromatic N) is 1. The molecule has 0 aliphatic carbocycles. The van der Waals surface area contributed by atoms with E-state index < -0.39 is 4.92 Å². The zero-order valence-electron chi connectivity index (χ0n) is 9.98. The summed E-state index contributed by atoms with van der Waals surface area (Å²) in [6.07, 6.45) is 0. The molecule has 2 aromatic rings. The van der Waals surface area contributed by atoms with Gasteiger partial charge in [-0.2, -0.15) is 0 Å². The second-order valence-electron chi connectivity index (χ2n) is 3.91. The molecule has 0 N–H and O–H groups in total. The van der Waals surface area contributed by atoms with Crippen molar-refractivity contribution in [1.82, 2.24) is 0 Å². The Hall–Kier alpha value is -1.30. The average Bonchev–Trinajstić information content (AvgIpc) is 2.39. The van der Waals surface area contributed by atoms with Crippen molar-refractivity contribution in [2.45, 2.75) is 6.61 Å². The highest BCUT2D eigenvalue weighted by Crippen LogP contribution is 2.29. The summed E-state index contributed by atoms with van der Waals surface area (Å²) in [6, 6.07) is 9.75. The van der Waals surface area contributed by atoms with Crippen molar-refractivity contribution < 1.29 is 9.66 Å². The van der Waals surface area contributed by atoms with Crippen LogP contribution < -0.4 is 4.74 Å². The molecule has 0 spiro atoms. The normalized spacial score (nSPS) is 10.3. The van der Waals surface area contributed by atoms with E-state index in [0.717, 1.165) is 4.47 Å². The lowest BCUT2D eigenvalue weighted by Gasteiger charge is -2.08. The molecular weight excluding hydrogens is 369 g/mol. The van der Waals surface area contributed by atoms with Crippen LogP contribution in [-0.4, -0.2) is 4.92 Å². The molecule has 0 fully saturated rings. The van der Waals surface area contributed by atoms with Crippen LogP contribution in [0.4, 0.5) is 5.69 Å². The van der Waals surface area contributed by atoms with Gasteiger partial charge in [-0.05, 0) is 29.8 Å². The second-order valence-corrected chi connectivity index (χ2v) is 5.64. The fourth-order valence-electron chi connectivity index (χ4n) is 1.54. The van der Waals surface area contributed by atoms with Gasteiger partial charge in [0, 0.05) is 10.5 Å². The van der Waals surface area contributed by atoms with Crippen molar-refractivity contribution in [2.24, 2.45) is 0 Å². The summed E-state index contributed by atoms with van der Waals surface area (Å²) in [5.41, 5.74) is 0.495. The SMILES string of the molecule is O=[N+]([O-])c1cc(COc2ccc(Br)cc2Cl)ccc1Cl. The summed E-state index contributed by atoms with van der Waals surface area (Å²) >= 11 is 15.1. The van der Waals surface area contributed by atoms with Gasteiger partial charge in [-0.25, -0.2) is 0 Å². The van der Waals surface area contributed by atoms with E-state index in [2.05, 4.69) is 15.9 Å². The molecule has 104 valence electrons. The molecule has 0 atom stereocenters. The van der Waals surface area contributed by atoms with Gasteiger partial charge in [0.25, 0.3) is 5.69 Å². The zero-order valence-corrected chi connectivity index (χ0v) is 13.1. The largest absolute Gasteiger partial charge is 0.487 e. The third-order valence-corrected chi connectivity index (χ3v) is 3.60. The Morgan fingerprint density at radius 1 is 1.15 bits per heavy atom. The summed E-state index contributed by atoms with van der Waals surface area (Å²) < 4.78 is 6.38. The maximum Gasteiger partial charge on any atom is 0.288 e. The standard InChI is InChI=1S/C13H8BrCl2NO3/c14-9-2-4-13(11(16)6-9)20-7-8-1-3-10(15)12(5-8)17(18)19/h1-6H,7H2. The van der Waals surface area contributed by atoms with E-state index >= 15 is 0 Å². The highest BCUT2D eigenvalue weighted by Gasteiger charge is 2.13. The van der Waals surface area contributed by atoms with Crippen molar-refractivity contribution in [3.8, 4) is 5.75 Å². The van der Waals surface area contributed by atoms with Crippen molar-refractivity contribution in [3.63, 3.8) is 0 Å². The third-order valence-electron chi connectivity index (χ3n) is 2.50. The molecule has 0 radical (unpaired) electrons. The molecule has 7 heteroatoms. The fourth-order valence-corrected chi connectivity index (χ4v) is 2.46. The summed E-state index contributed by atoms with van der Waals surface area (Å²) in [7, 11) is 0. The second kappa shape index (κ2) is 6.43. The molecule has 2 aromatic carbocycles. The van der Waals surface area contributed by atoms with Crippen LogP contribution in [0.1, 0.15) is 5.56 Å². The smallest absolute Gasteiger partial charge is 0.288 e. The van der Waals surface area contributed by atoms with Crippen LogP contribution in [0, 0.1) is 10.1 Å². The van der Waals surface area contributed by atoms with E-state index in [4.69, 9.17) is 27.9 Å². The quantitative estimate of drug-likeness (QED) is 0.541. The van der Waals surface area contributed by atoms with Crippen LogP contribution in [0.3, 0.4) is 0 Å². The lowest BCUT2D eigenvalue weighted by molar-refractivity contribution is -0.384. The van der Waals surface area contributed by atoms with Gasteiger partial charge in [-0.1, -0.05) is 45.2 Å². The number of hydrogen-bond acceptors (Lipinski definition) is 3. The average molecular weight is 377 g/mol. The van der Waals surface area contributed by atoms with Crippen molar-refractivity contribution in [1.29, 1.82) is 0 Å². The topological polar surface area (TPSA) is 52.4 Å². The third kappa shape index (κ3) is 3.62. The number of nitro groups is 1. The molecule has 0 amide bonds. The molecule has 4 nitrogen and oxygen atoms in total. The van der Waals surface area contributed by atoms with Crippen molar-refractivity contribution in [3.05, 3.63) is 66.6 Å². The first-order chi connectivity index (χ1) is 9.47. The molecule has 0 saturated heterocycles. The number of benzene rings is 2. The first kappa shape index (κ1) is 15.1. The number of nitro benzene ring substituents is 1. The Morgan fingerprint density at radius 3 is 2.55 bits per heavy atom. The van der Waals surface area contributed by atoms with E-state index in [1.807, 2.05) is 0 Å². The van der Waals surface area contributed by atoms with Gasteiger partial charge in [0.15, 0.2) is 0 Å². The van der Waals surface area contributed by atoms with Crippen LogP contribution in [0.5, 0.6) is 5.75 Å². The summed E-state index contributed by atoms with van der Waals surface area (Å²) in [5.74, 6) is 0.507. The van der Waals surface area contributed by atoms with Gasteiger partial charge >= 0.3 is 0 Å². The number of halogens is 3. The minimum Gasteiger partial charge on any atom is -0.487 e. The maximum absolute atomic E-state index is 10.8. The van der Waals surface area contributed by atoms with Crippen LogP contribution in [-0.2, 0) is 6.61 Å². The van der Waals surface area contributed by atoms with Gasteiger partial charge in [-0.3, -0.25) is 10.1 Å². The van der Waals surface area contributed by atoms with Gasteiger partial charge < -0.3 is 4.74 Å².